The maximum Gasteiger partial charge on any atom is 0.215 e. The van der Waals surface area contributed by atoms with E-state index in [1.54, 1.807) is 0 Å². The Balaban J connectivity index is 1.27. The van der Waals surface area contributed by atoms with E-state index in [0.717, 1.165) is 11.9 Å². The molecule has 1 radical (unpaired) electrons. The third kappa shape index (κ3) is 6.51. The van der Waals surface area contributed by atoms with Crippen LogP contribution in [-0.4, -0.2) is 26.4 Å². The first-order valence-corrected chi connectivity index (χ1v) is 15.5. The van der Waals surface area contributed by atoms with Crippen molar-refractivity contribution < 1.29 is 0 Å². The van der Waals surface area contributed by atoms with Gasteiger partial charge in [-0.15, -0.1) is 0 Å². The summed E-state index contributed by atoms with van der Waals surface area (Å²) in [6.07, 6.45) is 7.63. The van der Waals surface area contributed by atoms with Crippen molar-refractivity contribution in [1.82, 2.24) is 9.55 Å². The predicted molar refractivity (Wildman–Crippen MR) is 164 cm³/mol. The Labute approximate surface area is 230 Å². The summed E-state index contributed by atoms with van der Waals surface area (Å²) in [4.78, 5) is 4.74. The molecular weight excluding hydrogens is 475 g/mol. The molecule has 0 atom stereocenters. The maximum absolute atomic E-state index is 4.74. The first-order valence-electron chi connectivity index (χ1n) is 13.5. The van der Waals surface area contributed by atoms with E-state index in [0.29, 0.717) is 5.92 Å². The van der Waals surface area contributed by atoms with Gasteiger partial charge in [-0.2, -0.15) is 0 Å². The molecule has 38 heavy (non-hydrogen) atoms. The minimum absolute atomic E-state index is 0.180. The second-order valence-electron chi connectivity index (χ2n) is 9.79. The van der Waals surface area contributed by atoms with Crippen LogP contribution in [0.25, 0.3) is 0 Å². The lowest BCUT2D eigenvalue weighted by atomic mass is 9.58. The molecule has 0 saturated carbocycles. The van der Waals surface area contributed by atoms with Crippen LogP contribution in [0.15, 0.2) is 145 Å². The number of hydrogen-bond donors (Lipinski definition) is 0. The molecule has 0 amide bonds. The summed E-state index contributed by atoms with van der Waals surface area (Å²) in [6, 6.07) is 44.4. The van der Waals surface area contributed by atoms with Crippen LogP contribution in [0, 0.1) is 0 Å². The molecule has 0 N–H and O–H groups in total. The van der Waals surface area contributed by atoms with Crippen LogP contribution in [-0.2, 0) is 6.17 Å². The Kier molecular flexibility index (Phi) is 8.86. The number of allylic oxidation sites excluding steroid dienone is 2. The Morgan fingerprint density at radius 2 is 1.21 bits per heavy atom. The fraction of sp³-hybridized carbons (Fsp3) is 0.147. The molecule has 0 saturated heterocycles. The summed E-state index contributed by atoms with van der Waals surface area (Å²) < 4.78 is 2.35. The number of nitrogens with zero attached hydrogens (tertiary/aromatic N) is 2. The van der Waals surface area contributed by atoms with E-state index in [1.165, 1.54) is 33.9 Å². The molecule has 0 spiro atoms. The van der Waals surface area contributed by atoms with E-state index in [4.69, 9.17) is 4.98 Å². The first-order chi connectivity index (χ1) is 18.8. The highest BCUT2D eigenvalue weighted by Gasteiger charge is 2.19. The van der Waals surface area contributed by atoms with Crippen LogP contribution < -0.4 is 5.72 Å². The van der Waals surface area contributed by atoms with Gasteiger partial charge < -0.3 is 4.57 Å². The van der Waals surface area contributed by atoms with Crippen molar-refractivity contribution in [3.8, 4) is 0 Å². The summed E-state index contributed by atoms with van der Waals surface area (Å²) in [7, 11) is 1.97. The molecular formula is C34H34BN2Si. The standard InChI is InChI=1S/C34H34BN2Si/c1-27(32(28-14-6-2-7-15-28)29-16-8-3-9-17-29)22-25-38-26-37-24-23-36-34(37)35-33(30-18-10-4-11-19-30)31-20-12-5-13-21-31/h2-24,32-33H,25-26,38H2,1H3. The first kappa shape index (κ1) is 25.7. The third-order valence-corrected chi connectivity index (χ3v) is 8.67. The highest BCUT2D eigenvalue weighted by atomic mass is 28.2. The smallest absolute Gasteiger partial charge is 0.215 e. The number of rotatable bonds is 11. The van der Waals surface area contributed by atoms with Crippen LogP contribution in [0.3, 0.4) is 0 Å². The van der Waals surface area contributed by atoms with Gasteiger partial charge in [-0.05, 0) is 41.0 Å². The second-order valence-corrected chi connectivity index (χ2v) is 11.5. The van der Waals surface area contributed by atoms with Gasteiger partial charge in [-0.1, -0.05) is 133 Å². The molecule has 0 aliphatic heterocycles. The molecule has 1 aromatic heterocycles. The van der Waals surface area contributed by atoms with Crippen LogP contribution in [0.4, 0.5) is 0 Å². The second kappa shape index (κ2) is 13.1. The maximum atomic E-state index is 4.74. The molecule has 187 valence electrons. The van der Waals surface area contributed by atoms with Crippen LogP contribution >= 0.6 is 0 Å². The summed E-state index contributed by atoms with van der Waals surface area (Å²) in [5, 5.41) is 0. The molecule has 0 aliphatic carbocycles. The largest absolute Gasteiger partial charge is 0.347 e. The van der Waals surface area contributed by atoms with Crippen molar-refractivity contribution in [3.63, 3.8) is 0 Å². The fourth-order valence-electron chi connectivity index (χ4n) is 5.24. The van der Waals surface area contributed by atoms with Gasteiger partial charge in [0.2, 0.25) is 7.28 Å². The number of benzene rings is 4. The van der Waals surface area contributed by atoms with Crippen LogP contribution in [0.1, 0.15) is 40.9 Å². The molecule has 0 bridgehead atoms. The van der Waals surface area contributed by atoms with Gasteiger partial charge in [0.1, 0.15) is 0 Å². The van der Waals surface area contributed by atoms with Crippen molar-refractivity contribution >= 4 is 22.5 Å². The molecule has 4 heteroatoms. The highest BCUT2D eigenvalue weighted by Crippen LogP contribution is 2.31. The zero-order chi connectivity index (χ0) is 26.0. The van der Waals surface area contributed by atoms with E-state index < -0.39 is 0 Å². The molecule has 0 fully saturated rings. The summed E-state index contributed by atoms with van der Waals surface area (Å²) >= 11 is 0. The SMILES string of the molecule is CC(=CC[SiH2]Cn1ccnc1[B]C(c1ccccc1)c1ccccc1)C(c1ccccc1)c1ccccc1. The quantitative estimate of drug-likeness (QED) is 0.116. The zero-order valence-corrected chi connectivity index (χ0v) is 23.4. The molecule has 2 nitrogen and oxygen atoms in total. The molecule has 5 rings (SSSR count). The van der Waals surface area contributed by atoms with Gasteiger partial charge in [0.15, 0.2) is 0 Å². The van der Waals surface area contributed by atoms with E-state index in [1.807, 2.05) is 6.20 Å². The van der Waals surface area contributed by atoms with E-state index >= 15 is 0 Å². The number of hydrogen-bond acceptors (Lipinski definition) is 1. The number of imidazole rings is 1. The minimum atomic E-state index is -0.346. The van der Waals surface area contributed by atoms with Gasteiger partial charge in [0.25, 0.3) is 0 Å². The summed E-state index contributed by atoms with van der Waals surface area (Å²) in [5.41, 5.74) is 7.78. The van der Waals surface area contributed by atoms with Gasteiger partial charge in [-0.25, -0.2) is 0 Å². The Hall–Kier alpha value is -3.89. The number of aromatic nitrogens is 2. The molecule has 1 heterocycles. The predicted octanol–water partition coefficient (Wildman–Crippen LogP) is 6.33. The van der Waals surface area contributed by atoms with Crippen molar-refractivity contribution in [2.24, 2.45) is 0 Å². The molecule has 0 unspecified atom stereocenters. The topological polar surface area (TPSA) is 17.8 Å². The van der Waals surface area contributed by atoms with Crippen LogP contribution in [0.5, 0.6) is 0 Å². The lowest BCUT2D eigenvalue weighted by molar-refractivity contribution is 0.896. The van der Waals surface area contributed by atoms with Gasteiger partial charge in [0, 0.05) is 34.0 Å². The van der Waals surface area contributed by atoms with Crippen molar-refractivity contribution in [2.75, 3.05) is 0 Å². The summed E-state index contributed by atoms with van der Waals surface area (Å²) in [6.45, 7) is 2.29. The van der Waals surface area contributed by atoms with Gasteiger partial charge in [0.05, 0.1) is 5.72 Å². The van der Waals surface area contributed by atoms with E-state index in [2.05, 4.69) is 152 Å². The summed E-state index contributed by atoms with van der Waals surface area (Å²) in [5.74, 6) is 0.487. The van der Waals surface area contributed by atoms with E-state index in [-0.39, 0.29) is 15.3 Å². The van der Waals surface area contributed by atoms with Crippen molar-refractivity contribution in [3.05, 3.63) is 168 Å². The highest BCUT2D eigenvalue weighted by molar-refractivity contribution is 6.54. The normalized spacial score (nSPS) is 12.0. The van der Waals surface area contributed by atoms with E-state index in [9.17, 15) is 0 Å². The Morgan fingerprint density at radius 1 is 0.737 bits per heavy atom. The lowest BCUT2D eigenvalue weighted by Crippen LogP contribution is -2.32. The average molecular weight is 510 g/mol. The monoisotopic (exact) mass is 509 g/mol. The third-order valence-electron chi connectivity index (χ3n) is 7.17. The Bertz CT molecular complexity index is 1340. The molecule has 4 aromatic carbocycles. The van der Waals surface area contributed by atoms with Crippen LogP contribution in [0.2, 0.25) is 6.04 Å². The Morgan fingerprint density at radius 3 is 1.71 bits per heavy atom. The molecule has 0 aliphatic rings. The van der Waals surface area contributed by atoms with Crippen molar-refractivity contribution in [2.45, 2.75) is 30.9 Å². The zero-order valence-electron chi connectivity index (χ0n) is 22.0. The average Bonchev–Trinajstić information content (AvgIpc) is 3.43. The fourth-order valence-corrected chi connectivity index (χ4v) is 6.80. The van der Waals surface area contributed by atoms with Crippen molar-refractivity contribution in [1.29, 1.82) is 0 Å². The van der Waals surface area contributed by atoms with Gasteiger partial charge >= 0.3 is 0 Å². The van der Waals surface area contributed by atoms with Gasteiger partial charge in [-0.3, -0.25) is 4.98 Å². The minimum Gasteiger partial charge on any atom is -0.347 e. The molecule has 5 aromatic rings. The lowest BCUT2D eigenvalue weighted by Gasteiger charge is -2.19.